The summed E-state index contributed by atoms with van der Waals surface area (Å²) < 4.78 is 0. The molecule has 0 aliphatic rings. The zero-order valence-electron chi connectivity index (χ0n) is 8.75. The highest BCUT2D eigenvalue weighted by Gasteiger charge is 2.27. The van der Waals surface area contributed by atoms with E-state index in [0.29, 0.717) is 0 Å². The molecular weight excluding hydrogens is 210 g/mol. The van der Waals surface area contributed by atoms with Crippen LogP contribution in [0.5, 0.6) is 0 Å². The summed E-state index contributed by atoms with van der Waals surface area (Å²) in [4.78, 5) is 21.4. The van der Waals surface area contributed by atoms with Crippen molar-refractivity contribution in [2.24, 2.45) is 0 Å². The number of rotatable bonds is 4. The van der Waals surface area contributed by atoms with E-state index in [1.807, 2.05) is 11.4 Å². The van der Waals surface area contributed by atoms with Gasteiger partial charge < -0.3 is 15.5 Å². The molecule has 3 N–H and O–H groups in total. The van der Waals surface area contributed by atoms with Gasteiger partial charge in [0, 0.05) is 5.92 Å². The number of hydrogen-bond donors (Lipinski definition) is 3. The van der Waals surface area contributed by atoms with Crippen LogP contribution in [0.1, 0.15) is 18.4 Å². The van der Waals surface area contributed by atoms with Crippen LogP contribution in [0.2, 0.25) is 0 Å². The molecule has 0 aliphatic heterocycles. The Morgan fingerprint density at radius 1 is 1.19 bits per heavy atom. The summed E-state index contributed by atoms with van der Waals surface area (Å²) in [6.45, 7) is 1.67. The third-order valence-electron chi connectivity index (χ3n) is 2.37. The number of nitrogens with one attached hydrogen (secondary N) is 1. The molecule has 1 rings (SSSR count). The monoisotopic (exact) mass is 223 g/mol. The minimum absolute atomic E-state index is 0.421. The molecular formula is C11H13NO4. The molecule has 0 saturated heterocycles. The molecule has 5 nitrogen and oxygen atoms in total. The smallest absolute Gasteiger partial charge is 0.405 e. The highest BCUT2D eigenvalue weighted by Crippen LogP contribution is 2.18. The van der Waals surface area contributed by atoms with Crippen LogP contribution in [0.25, 0.3) is 0 Å². The second-order valence-electron chi connectivity index (χ2n) is 3.46. The van der Waals surface area contributed by atoms with E-state index in [1.54, 1.807) is 31.2 Å². The van der Waals surface area contributed by atoms with E-state index in [-0.39, 0.29) is 0 Å². The molecule has 1 amide bonds. The molecule has 0 spiro atoms. The zero-order valence-corrected chi connectivity index (χ0v) is 8.75. The summed E-state index contributed by atoms with van der Waals surface area (Å²) in [5.74, 6) is -1.60. The lowest BCUT2D eigenvalue weighted by Gasteiger charge is -2.20. The first-order valence-corrected chi connectivity index (χ1v) is 4.79. The maximum absolute atomic E-state index is 10.9. The van der Waals surface area contributed by atoms with Gasteiger partial charge in [0.25, 0.3) is 0 Å². The van der Waals surface area contributed by atoms with Crippen molar-refractivity contribution < 1.29 is 19.8 Å². The fourth-order valence-electron chi connectivity index (χ4n) is 1.48. The molecule has 1 aromatic carbocycles. The maximum Gasteiger partial charge on any atom is 0.405 e. The second kappa shape index (κ2) is 5.16. The Hall–Kier alpha value is -2.04. The first kappa shape index (κ1) is 12.0. The van der Waals surface area contributed by atoms with E-state index in [4.69, 9.17) is 10.2 Å². The first-order valence-electron chi connectivity index (χ1n) is 4.79. The fraction of sp³-hybridized carbons (Fsp3) is 0.273. The number of aliphatic carboxylic acids is 1. The van der Waals surface area contributed by atoms with Gasteiger partial charge in [0.15, 0.2) is 0 Å². The van der Waals surface area contributed by atoms with Gasteiger partial charge in [-0.25, -0.2) is 9.59 Å². The van der Waals surface area contributed by atoms with Crippen molar-refractivity contribution in [3.8, 4) is 0 Å². The van der Waals surface area contributed by atoms with Crippen LogP contribution in [-0.2, 0) is 4.79 Å². The molecule has 0 aromatic heterocycles. The van der Waals surface area contributed by atoms with Crippen molar-refractivity contribution >= 4 is 12.1 Å². The highest BCUT2D eigenvalue weighted by atomic mass is 16.4. The number of benzene rings is 1. The zero-order chi connectivity index (χ0) is 12.1. The molecule has 16 heavy (non-hydrogen) atoms. The molecule has 1 aromatic rings. The van der Waals surface area contributed by atoms with Crippen LogP contribution < -0.4 is 5.32 Å². The maximum atomic E-state index is 10.9. The van der Waals surface area contributed by atoms with Crippen molar-refractivity contribution in [2.45, 2.75) is 18.9 Å². The van der Waals surface area contributed by atoms with Crippen molar-refractivity contribution in [3.05, 3.63) is 35.9 Å². The van der Waals surface area contributed by atoms with E-state index < -0.39 is 24.0 Å². The van der Waals surface area contributed by atoms with E-state index in [9.17, 15) is 9.59 Å². The minimum Gasteiger partial charge on any atom is -0.480 e. The summed E-state index contributed by atoms with van der Waals surface area (Å²) >= 11 is 0. The Labute approximate surface area is 92.7 Å². The number of hydrogen-bond acceptors (Lipinski definition) is 2. The van der Waals surface area contributed by atoms with Crippen LogP contribution >= 0.6 is 0 Å². The Kier molecular flexibility index (Phi) is 3.88. The van der Waals surface area contributed by atoms with Crippen molar-refractivity contribution in [2.75, 3.05) is 0 Å². The molecule has 86 valence electrons. The molecule has 0 saturated carbocycles. The van der Waals surface area contributed by atoms with Gasteiger partial charge >= 0.3 is 12.1 Å². The summed E-state index contributed by atoms with van der Waals surface area (Å²) in [6, 6.07) is 7.78. The summed E-state index contributed by atoms with van der Waals surface area (Å²) in [5, 5.41) is 19.5. The lowest BCUT2D eigenvalue weighted by molar-refractivity contribution is -0.139. The molecule has 0 radical (unpaired) electrons. The average Bonchev–Trinajstić information content (AvgIpc) is 2.25. The quantitative estimate of drug-likeness (QED) is 0.722. The first-order chi connectivity index (χ1) is 7.52. The normalized spacial score (nSPS) is 13.8. The van der Waals surface area contributed by atoms with E-state index in [0.717, 1.165) is 5.56 Å². The van der Waals surface area contributed by atoms with Gasteiger partial charge in [-0.1, -0.05) is 37.3 Å². The number of carboxylic acid groups (broad SMARTS) is 2. The minimum atomic E-state index is -1.34. The van der Waals surface area contributed by atoms with Crippen molar-refractivity contribution in [1.82, 2.24) is 5.32 Å². The van der Waals surface area contributed by atoms with Gasteiger partial charge in [0.2, 0.25) is 0 Å². The van der Waals surface area contributed by atoms with Crippen molar-refractivity contribution in [3.63, 3.8) is 0 Å². The Morgan fingerprint density at radius 2 is 1.75 bits per heavy atom. The van der Waals surface area contributed by atoms with Gasteiger partial charge in [-0.2, -0.15) is 0 Å². The van der Waals surface area contributed by atoms with E-state index in [2.05, 4.69) is 0 Å². The third-order valence-corrected chi connectivity index (χ3v) is 2.37. The predicted octanol–water partition coefficient (Wildman–Crippen LogP) is 1.51. The molecule has 5 heteroatoms. The lowest BCUT2D eigenvalue weighted by atomic mass is 9.93. The summed E-state index contributed by atoms with van der Waals surface area (Å²) in [7, 11) is 0. The van der Waals surface area contributed by atoms with Crippen molar-refractivity contribution in [1.29, 1.82) is 0 Å². The number of amides is 1. The van der Waals surface area contributed by atoms with E-state index >= 15 is 0 Å². The molecule has 2 unspecified atom stereocenters. The standard InChI is InChI=1S/C11H13NO4/c1-7(8-5-3-2-4-6-8)9(10(13)14)12-11(15)16/h2-7,9,12H,1H3,(H,13,14)(H,15,16). The summed E-state index contributed by atoms with van der Waals surface area (Å²) in [6.07, 6.45) is -1.34. The molecule has 2 atom stereocenters. The van der Waals surface area contributed by atoms with Gasteiger partial charge in [-0.3, -0.25) is 0 Å². The van der Waals surface area contributed by atoms with Gasteiger partial charge in [0.1, 0.15) is 6.04 Å². The SMILES string of the molecule is CC(c1ccccc1)C(NC(=O)O)C(=O)O. The fourth-order valence-corrected chi connectivity index (χ4v) is 1.48. The average molecular weight is 223 g/mol. The molecule has 0 bridgehead atoms. The number of carbonyl (C=O) groups is 2. The molecule has 0 aliphatic carbocycles. The van der Waals surface area contributed by atoms with Crippen LogP contribution in [0, 0.1) is 0 Å². The van der Waals surface area contributed by atoms with Gasteiger partial charge in [-0.05, 0) is 5.56 Å². The van der Waals surface area contributed by atoms with Crippen LogP contribution in [-0.4, -0.2) is 28.3 Å². The topological polar surface area (TPSA) is 86.6 Å². The predicted molar refractivity (Wildman–Crippen MR) is 57.4 cm³/mol. The summed E-state index contributed by atoms with van der Waals surface area (Å²) in [5.41, 5.74) is 0.781. The largest absolute Gasteiger partial charge is 0.480 e. The van der Waals surface area contributed by atoms with E-state index in [1.165, 1.54) is 0 Å². The van der Waals surface area contributed by atoms with Crippen LogP contribution in [0.3, 0.4) is 0 Å². The Morgan fingerprint density at radius 3 is 2.19 bits per heavy atom. The Balaban J connectivity index is 2.87. The molecule has 0 fully saturated rings. The van der Waals surface area contributed by atoms with Gasteiger partial charge in [0.05, 0.1) is 0 Å². The molecule has 0 heterocycles. The third kappa shape index (κ3) is 2.98. The Bertz CT molecular complexity index is 377. The second-order valence-corrected chi connectivity index (χ2v) is 3.46. The number of carboxylic acids is 1. The van der Waals surface area contributed by atoms with Gasteiger partial charge in [-0.15, -0.1) is 0 Å². The van der Waals surface area contributed by atoms with Crippen LogP contribution in [0.15, 0.2) is 30.3 Å². The highest BCUT2D eigenvalue weighted by molar-refractivity contribution is 5.80. The van der Waals surface area contributed by atoms with Crippen LogP contribution in [0.4, 0.5) is 4.79 Å². The lowest BCUT2D eigenvalue weighted by Crippen LogP contribution is -2.43.